The number of phenols is 1. The number of halogens is 5. The molecule has 0 saturated carbocycles. The molecule has 1 amide bonds. The van der Waals surface area contributed by atoms with Gasteiger partial charge in [0, 0.05) is 23.2 Å². The molecule has 4 aromatic rings. The Labute approximate surface area is 194 Å². The molecule has 0 saturated heterocycles. The van der Waals surface area contributed by atoms with Crippen molar-refractivity contribution in [3.63, 3.8) is 0 Å². The molecule has 4 rings (SSSR count). The van der Waals surface area contributed by atoms with Gasteiger partial charge in [-0.1, -0.05) is 41.4 Å². The first-order valence-corrected chi connectivity index (χ1v) is 10.1. The van der Waals surface area contributed by atoms with Gasteiger partial charge in [0.15, 0.2) is 11.3 Å². The second kappa shape index (κ2) is 8.84. The van der Waals surface area contributed by atoms with Gasteiger partial charge in [0.2, 0.25) is 5.89 Å². The molecule has 0 aliphatic heterocycles. The number of hydrogen-bond donors (Lipinski definition) is 2. The standard InChI is InChI=1S/C22H13Cl2F3N2O4/c23-14-7-13(8-15(24)19(14)30)21-29-16-9-11(5-6-18(16)32-21)20(31)28-10-12-3-1-2-4-17(12)33-22(25,26)27/h1-9,30H,10H2,(H,28,31). The molecule has 6 nitrogen and oxygen atoms in total. The first kappa shape index (κ1) is 22.8. The maximum Gasteiger partial charge on any atom is 0.573 e. The number of phenolic OH excluding ortho intramolecular Hbond substituents is 1. The Morgan fingerprint density at radius 1 is 1.09 bits per heavy atom. The molecule has 0 radical (unpaired) electrons. The van der Waals surface area contributed by atoms with E-state index in [1.165, 1.54) is 54.6 Å². The number of carbonyl (C=O) groups is 1. The summed E-state index contributed by atoms with van der Waals surface area (Å²) in [5, 5.41) is 12.3. The van der Waals surface area contributed by atoms with Gasteiger partial charge in [-0.15, -0.1) is 13.2 Å². The van der Waals surface area contributed by atoms with Crippen molar-refractivity contribution in [1.82, 2.24) is 10.3 Å². The Morgan fingerprint density at radius 3 is 2.48 bits per heavy atom. The van der Waals surface area contributed by atoms with E-state index in [2.05, 4.69) is 15.0 Å². The summed E-state index contributed by atoms with van der Waals surface area (Å²) in [6.45, 7) is -0.183. The number of ether oxygens (including phenoxy) is 1. The van der Waals surface area contributed by atoms with Crippen LogP contribution in [0.25, 0.3) is 22.6 Å². The number of rotatable bonds is 5. The van der Waals surface area contributed by atoms with Crippen LogP contribution in [0.1, 0.15) is 15.9 Å². The molecule has 0 spiro atoms. The fraction of sp³-hybridized carbons (Fsp3) is 0.0909. The lowest BCUT2D eigenvalue weighted by Crippen LogP contribution is -2.24. The van der Waals surface area contributed by atoms with Crippen LogP contribution in [0.4, 0.5) is 13.2 Å². The average Bonchev–Trinajstić information content (AvgIpc) is 3.18. The van der Waals surface area contributed by atoms with Crippen LogP contribution in [0.3, 0.4) is 0 Å². The van der Waals surface area contributed by atoms with Crippen molar-refractivity contribution in [2.45, 2.75) is 12.9 Å². The molecule has 0 fully saturated rings. The van der Waals surface area contributed by atoms with E-state index >= 15 is 0 Å². The van der Waals surface area contributed by atoms with E-state index in [0.29, 0.717) is 16.7 Å². The van der Waals surface area contributed by atoms with Crippen LogP contribution in [0.15, 0.2) is 59.0 Å². The van der Waals surface area contributed by atoms with Crippen molar-refractivity contribution >= 4 is 40.2 Å². The Balaban J connectivity index is 1.53. The molecule has 0 bridgehead atoms. The number of para-hydroxylation sites is 1. The minimum Gasteiger partial charge on any atom is -0.505 e. The van der Waals surface area contributed by atoms with Gasteiger partial charge in [-0.25, -0.2) is 4.98 Å². The van der Waals surface area contributed by atoms with Gasteiger partial charge in [0.25, 0.3) is 5.91 Å². The van der Waals surface area contributed by atoms with Crippen LogP contribution < -0.4 is 10.1 Å². The minimum absolute atomic E-state index is 0.0228. The summed E-state index contributed by atoms with van der Waals surface area (Å²) in [5.41, 5.74) is 1.54. The Kier molecular flexibility index (Phi) is 6.09. The Morgan fingerprint density at radius 2 is 1.79 bits per heavy atom. The average molecular weight is 497 g/mol. The lowest BCUT2D eigenvalue weighted by molar-refractivity contribution is -0.274. The van der Waals surface area contributed by atoms with E-state index < -0.39 is 18.0 Å². The second-order valence-electron chi connectivity index (χ2n) is 6.83. The number of aromatic nitrogens is 1. The molecule has 0 atom stereocenters. The van der Waals surface area contributed by atoms with Gasteiger partial charge in [0.1, 0.15) is 11.3 Å². The summed E-state index contributed by atoms with van der Waals surface area (Å²) in [6, 6.07) is 12.9. The molecular weight excluding hydrogens is 484 g/mol. The normalized spacial score (nSPS) is 11.5. The van der Waals surface area contributed by atoms with Crippen LogP contribution in [0.2, 0.25) is 10.0 Å². The number of benzene rings is 3. The number of oxazole rings is 1. The molecule has 1 aromatic heterocycles. The van der Waals surface area contributed by atoms with Crippen LogP contribution in [0, 0.1) is 0 Å². The summed E-state index contributed by atoms with van der Waals surface area (Å²) in [4.78, 5) is 16.9. The second-order valence-corrected chi connectivity index (χ2v) is 7.64. The highest BCUT2D eigenvalue weighted by Crippen LogP contribution is 2.37. The molecule has 170 valence electrons. The van der Waals surface area contributed by atoms with Crippen molar-refractivity contribution in [3.05, 3.63) is 75.8 Å². The Bertz CT molecular complexity index is 1330. The number of nitrogens with one attached hydrogen (secondary N) is 1. The quantitative estimate of drug-likeness (QED) is 0.337. The lowest BCUT2D eigenvalue weighted by atomic mass is 10.1. The molecule has 33 heavy (non-hydrogen) atoms. The van der Waals surface area contributed by atoms with Gasteiger partial charge in [0.05, 0.1) is 10.0 Å². The molecule has 1 heterocycles. The van der Waals surface area contributed by atoms with E-state index in [9.17, 15) is 23.1 Å². The monoisotopic (exact) mass is 496 g/mol. The number of fused-ring (bicyclic) bond motifs is 1. The fourth-order valence-corrected chi connectivity index (χ4v) is 3.52. The van der Waals surface area contributed by atoms with E-state index in [0.717, 1.165) is 0 Å². The number of alkyl halides is 3. The Hall–Kier alpha value is -3.43. The summed E-state index contributed by atoms with van der Waals surface area (Å²) >= 11 is 11.9. The zero-order valence-electron chi connectivity index (χ0n) is 16.4. The van der Waals surface area contributed by atoms with Gasteiger partial charge < -0.3 is 19.6 Å². The van der Waals surface area contributed by atoms with Crippen molar-refractivity contribution in [3.8, 4) is 23.0 Å². The highest BCUT2D eigenvalue weighted by molar-refractivity contribution is 6.37. The number of hydrogen-bond acceptors (Lipinski definition) is 5. The fourth-order valence-electron chi connectivity index (χ4n) is 3.03. The third kappa shape index (κ3) is 5.15. The smallest absolute Gasteiger partial charge is 0.505 e. The number of carbonyl (C=O) groups excluding carboxylic acids is 1. The predicted octanol–water partition coefficient (Wildman–Crippen LogP) is 6.34. The highest BCUT2D eigenvalue weighted by atomic mass is 35.5. The zero-order valence-corrected chi connectivity index (χ0v) is 17.9. The maximum atomic E-state index is 12.6. The minimum atomic E-state index is -4.85. The molecule has 0 unspecified atom stereocenters. The van der Waals surface area contributed by atoms with E-state index in [1.807, 2.05) is 0 Å². The molecule has 2 N–H and O–H groups in total. The lowest BCUT2D eigenvalue weighted by Gasteiger charge is -2.13. The highest BCUT2D eigenvalue weighted by Gasteiger charge is 2.32. The van der Waals surface area contributed by atoms with Crippen LogP contribution in [-0.4, -0.2) is 22.4 Å². The first-order valence-electron chi connectivity index (χ1n) is 9.31. The topological polar surface area (TPSA) is 84.6 Å². The SMILES string of the molecule is O=C(NCc1ccccc1OC(F)(F)F)c1ccc2oc(-c3cc(Cl)c(O)c(Cl)c3)nc2c1. The van der Waals surface area contributed by atoms with Crippen molar-refractivity contribution < 1.29 is 32.2 Å². The molecule has 3 aromatic carbocycles. The van der Waals surface area contributed by atoms with Crippen molar-refractivity contribution in [2.24, 2.45) is 0 Å². The predicted molar refractivity (Wildman–Crippen MR) is 115 cm³/mol. The summed E-state index contributed by atoms with van der Waals surface area (Å²) < 4.78 is 47.4. The largest absolute Gasteiger partial charge is 0.573 e. The van der Waals surface area contributed by atoms with Crippen LogP contribution in [0.5, 0.6) is 11.5 Å². The number of aromatic hydroxyl groups is 1. The molecule has 0 aliphatic carbocycles. The number of nitrogens with zero attached hydrogens (tertiary/aromatic N) is 1. The number of amides is 1. The van der Waals surface area contributed by atoms with E-state index in [4.69, 9.17) is 27.6 Å². The summed E-state index contributed by atoms with van der Waals surface area (Å²) in [6.07, 6.45) is -4.85. The van der Waals surface area contributed by atoms with Crippen molar-refractivity contribution in [2.75, 3.05) is 0 Å². The third-order valence-corrected chi connectivity index (χ3v) is 5.13. The third-order valence-electron chi connectivity index (χ3n) is 4.55. The van der Waals surface area contributed by atoms with Gasteiger partial charge in [-0.3, -0.25) is 4.79 Å². The van der Waals surface area contributed by atoms with Crippen LogP contribution in [-0.2, 0) is 6.54 Å². The van der Waals surface area contributed by atoms with Gasteiger partial charge in [-0.05, 0) is 36.4 Å². The van der Waals surface area contributed by atoms with Gasteiger partial charge in [-0.2, -0.15) is 0 Å². The zero-order chi connectivity index (χ0) is 23.8. The summed E-state index contributed by atoms with van der Waals surface area (Å²) in [5.74, 6) is -1.02. The maximum absolute atomic E-state index is 12.6. The molecule has 0 aliphatic rings. The van der Waals surface area contributed by atoms with E-state index in [-0.39, 0.29) is 39.4 Å². The van der Waals surface area contributed by atoms with E-state index in [1.54, 1.807) is 0 Å². The molecular formula is C22H13Cl2F3N2O4. The van der Waals surface area contributed by atoms with Crippen molar-refractivity contribution in [1.29, 1.82) is 0 Å². The summed E-state index contributed by atoms with van der Waals surface area (Å²) in [7, 11) is 0. The van der Waals surface area contributed by atoms with Gasteiger partial charge >= 0.3 is 6.36 Å². The molecule has 11 heteroatoms. The first-order chi connectivity index (χ1) is 15.6. The van der Waals surface area contributed by atoms with Crippen LogP contribution >= 0.6 is 23.2 Å².